The van der Waals surface area contributed by atoms with Crippen LogP contribution in [0.2, 0.25) is 10.0 Å². The molecule has 0 aromatic heterocycles. The molecule has 2 atom stereocenters. The third-order valence-corrected chi connectivity index (χ3v) is 5.62. The zero-order valence-electron chi connectivity index (χ0n) is 15.8. The summed E-state index contributed by atoms with van der Waals surface area (Å²) in [5.41, 5.74) is 0.585. The number of ether oxygens (including phenoxy) is 1. The first kappa shape index (κ1) is 23.1. The molecule has 0 spiro atoms. The largest absolute Gasteiger partial charge is 0.467 e. The number of esters is 1. The van der Waals surface area contributed by atoms with E-state index in [-0.39, 0.29) is 11.7 Å². The molecule has 2 N–H and O–H groups in total. The Labute approximate surface area is 183 Å². The zero-order valence-corrected chi connectivity index (χ0v) is 18.1. The minimum atomic E-state index is -0.960. The van der Waals surface area contributed by atoms with Crippen LogP contribution in [0, 0.1) is 0 Å². The number of thioether (sulfide) groups is 1. The summed E-state index contributed by atoms with van der Waals surface area (Å²) in [4.78, 5) is 37.5. The monoisotopic (exact) mass is 454 g/mol. The second-order valence-corrected chi connectivity index (χ2v) is 7.89. The lowest BCUT2D eigenvalue weighted by Gasteiger charge is -2.20. The predicted molar refractivity (Wildman–Crippen MR) is 114 cm³/mol. The summed E-state index contributed by atoms with van der Waals surface area (Å²) in [6, 6.07) is 12.0. The Balaban J connectivity index is 1.91. The van der Waals surface area contributed by atoms with E-state index in [9.17, 15) is 14.4 Å². The molecule has 0 aliphatic carbocycles. The maximum Gasteiger partial charge on any atom is 0.333 e. The van der Waals surface area contributed by atoms with E-state index in [0.717, 1.165) is 4.90 Å². The summed E-state index contributed by atoms with van der Waals surface area (Å²) in [7, 11) is 1.25. The molecule has 0 aliphatic rings. The van der Waals surface area contributed by atoms with Gasteiger partial charge in [-0.15, -0.1) is 11.8 Å². The van der Waals surface area contributed by atoms with E-state index < -0.39 is 24.0 Å². The molecule has 154 valence electrons. The van der Waals surface area contributed by atoms with Crippen LogP contribution < -0.4 is 10.6 Å². The van der Waals surface area contributed by atoms with E-state index in [1.807, 2.05) is 0 Å². The predicted octanol–water partition coefficient (Wildman–Crippen LogP) is 3.62. The van der Waals surface area contributed by atoms with Gasteiger partial charge in [-0.05, 0) is 30.7 Å². The normalized spacial score (nSPS) is 12.6. The van der Waals surface area contributed by atoms with Crippen LogP contribution in [0.5, 0.6) is 0 Å². The molecule has 0 heterocycles. The average molecular weight is 455 g/mol. The average Bonchev–Trinajstić information content (AvgIpc) is 2.72. The summed E-state index contributed by atoms with van der Waals surface area (Å²) in [6.07, 6.45) is 0. The Morgan fingerprint density at radius 3 is 2.34 bits per heavy atom. The standard InChI is InChI=1S/C20H20Cl2N2O4S/c1-12(23-17(25)11-29-14-8-9-15(21)16(22)10-14)19(26)24-18(20(27)28-2)13-6-4-3-5-7-13/h3-10,12,18H,11H2,1-2H3,(H,23,25)(H,24,26)/t12-,18-/m0/s1. The highest BCUT2D eigenvalue weighted by atomic mass is 35.5. The van der Waals surface area contributed by atoms with E-state index in [0.29, 0.717) is 15.6 Å². The van der Waals surface area contributed by atoms with Gasteiger partial charge in [0.25, 0.3) is 0 Å². The highest BCUT2D eigenvalue weighted by Gasteiger charge is 2.26. The Kier molecular flexibility index (Phi) is 8.82. The summed E-state index contributed by atoms with van der Waals surface area (Å²) in [5, 5.41) is 6.05. The Hall–Kier alpha value is -2.22. The number of hydrogen-bond donors (Lipinski definition) is 2. The molecule has 9 heteroatoms. The van der Waals surface area contributed by atoms with Crippen LogP contribution in [0.3, 0.4) is 0 Å². The summed E-state index contributed by atoms with van der Waals surface area (Å²) in [6.45, 7) is 1.54. The molecule has 2 aromatic rings. The second-order valence-electron chi connectivity index (χ2n) is 6.03. The smallest absolute Gasteiger partial charge is 0.333 e. The Morgan fingerprint density at radius 2 is 1.72 bits per heavy atom. The number of methoxy groups -OCH3 is 1. The van der Waals surface area contributed by atoms with Gasteiger partial charge in [0.2, 0.25) is 11.8 Å². The van der Waals surface area contributed by atoms with Crippen molar-refractivity contribution < 1.29 is 19.1 Å². The van der Waals surface area contributed by atoms with E-state index in [1.165, 1.54) is 25.8 Å². The van der Waals surface area contributed by atoms with Crippen molar-refractivity contribution in [2.75, 3.05) is 12.9 Å². The van der Waals surface area contributed by atoms with E-state index in [1.54, 1.807) is 48.5 Å². The third kappa shape index (κ3) is 6.96. The van der Waals surface area contributed by atoms with E-state index in [4.69, 9.17) is 27.9 Å². The van der Waals surface area contributed by atoms with Crippen molar-refractivity contribution in [2.24, 2.45) is 0 Å². The van der Waals surface area contributed by atoms with Gasteiger partial charge >= 0.3 is 5.97 Å². The molecule has 0 aliphatic heterocycles. The topological polar surface area (TPSA) is 84.5 Å². The Morgan fingerprint density at radius 1 is 1.03 bits per heavy atom. The lowest BCUT2D eigenvalue weighted by molar-refractivity contribution is -0.145. The number of benzene rings is 2. The number of carbonyl (C=O) groups excluding carboxylic acids is 3. The molecule has 29 heavy (non-hydrogen) atoms. The molecule has 0 saturated carbocycles. The van der Waals surface area contributed by atoms with Gasteiger partial charge in [0.05, 0.1) is 22.9 Å². The summed E-state index contributed by atoms with van der Waals surface area (Å²) in [5.74, 6) is -1.34. The highest BCUT2D eigenvalue weighted by molar-refractivity contribution is 8.00. The molecular formula is C20H20Cl2N2O4S. The second kappa shape index (κ2) is 11.1. The summed E-state index contributed by atoms with van der Waals surface area (Å²) >= 11 is 13.1. The maximum atomic E-state index is 12.5. The molecule has 0 saturated heterocycles. The van der Waals surface area contributed by atoms with E-state index >= 15 is 0 Å². The molecular weight excluding hydrogens is 435 g/mol. The number of halogens is 2. The fourth-order valence-corrected chi connectivity index (χ4v) is 3.48. The van der Waals surface area contributed by atoms with Crippen LogP contribution in [0.25, 0.3) is 0 Å². The first-order valence-corrected chi connectivity index (χ1v) is 10.4. The molecule has 2 amide bonds. The van der Waals surface area contributed by atoms with Crippen LogP contribution in [-0.2, 0) is 19.1 Å². The van der Waals surface area contributed by atoms with Crippen LogP contribution in [0.4, 0.5) is 0 Å². The van der Waals surface area contributed by atoms with Gasteiger partial charge in [-0.1, -0.05) is 53.5 Å². The summed E-state index contributed by atoms with van der Waals surface area (Å²) < 4.78 is 4.77. The van der Waals surface area contributed by atoms with Gasteiger partial charge in [-0.2, -0.15) is 0 Å². The minimum Gasteiger partial charge on any atom is -0.467 e. The fourth-order valence-electron chi connectivity index (χ4n) is 2.37. The van der Waals surface area contributed by atoms with Crippen molar-refractivity contribution >= 4 is 52.7 Å². The first-order chi connectivity index (χ1) is 13.8. The van der Waals surface area contributed by atoms with Crippen molar-refractivity contribution in [3.8, 4) is 0 Å². The fraction of sp³-hybridized carbons (Fsp3) is 0.250. The van der Waals surface area contributed by atoms with Gasteiger partial charge in [-0.3, -0.25) is 9.59 Å². The zero-order chi connectivity index (χ0) is 21.4. The van der Waals surface area contributed by atoms with Gasteiger partial charge in [0.1, 0.15) is 6.04 Å². The lowest BCUT2D eigenvalue weighted by Crippen LogP contribution is -2.47. The number of carbonyl (C=O) groups is 3. The number of hydrogen-bond acceptors (Lipinski definition) is 5. The molecule has 2 rings (SSSR count). The highest BCUT2D eigenvalue weighted by Crippen LogP contribution is 2.27. The first-order valence-electron chi connectivity index (χ1n) is 8.62. The van der Waals surface area contributed by atoms with Crippen LogP contribution in [0.1, 0.15) is 18.5 Å². The number of nitrogens with one attached hydrogen (secondary N) is 2. The molecule has 2 aromatic carbocycles. The van der Waals surface area contributed by atoms with Crippen molar-refractivity contribution in [1.29, 1.82) is 0 Å². The third-order valence-electron chi connectivity index (χ3n) is 3.89. The molecule has 0 unspecified atom stereocenters. The van der Waals surface area contributed by atoms with E-state index in [2.05, 4.69) is 10.6 Å². The minimum absolute atomic E-state index is 0.0920. The van der Waals surface area contributed by atoms with Gasteiger partial charge in [-0.25, -0.2) is 4.79 Å². The van der Waals surface area contributed by atoms with Gasteiger partial charge in [0.15, 0.2) is 6.04 Å². The lowest BCUT2D eigenvalue weighted by atomic mass is 10.1. The van der Waals surface area contributed by atoms with Crippen LogP contribution >= 0.6 is 35.0 Å². The van der Waals surface area contributed by atoms with Crippen LogP contribution in [0.15, 0.2) is 53.4 Å². The van der Waals surface area contributed by atoms with Gasteiger partial charge < -0.3 is 15.4 Å². The molecule has 0 fully saturated rings. The van der Waals surface area contributed by atoms with Crippen molar-refractivity contribution in [3.63, 3.8) is 0 Å². The molecule has 6 nitrogen and oxygen atoms in total. The molecule has 0 bridgehead atoms. The SMILES string of the molecule is COC(=O)[C@@H](NC(=O)[C@H](C)NC(=O)CSc1ccc(Cl)c(Cl)c1)c1ccccc1. The van der Waals surface area contributed by atoms with Crippen molar-refractivity contribution in [2.45, 2.75) is 23.9 Å². The van der Waals surface area contributed by atoms with Crippen molar-refractivity contribution in [1.82, 2.24) is 10.6 Å². The number of amides is 2. The molecule has 0 radical (unpaired) electrons. The van der Waals surface area contributed by atoms with Crippen LogP contribution in [-0.4, -0.2) is 36.7 Å². The van der Waals surface area contributed by atoms with Crippen molar-refractivity contribution in [3.05, 3.63) is 64.1 Å². The Bertz CT molecular complexity index is 880. The maximum absolute atomic E-state index is 12.5. The van der Waals surface area contributed by atoms with Gasteiger partial charge in [0, 0.05) is 4.90 Å². The quantitative estimate of drug-likeness (QED) is 0.469. The number of rotatable bonds is 8.